The second kappa shape index (κ2) is 11.6. The standard InChI is InChI=1S/C29H29BrN2O5/c1-31(2)15-16-32-26(20-9-12-22(13-10-20)37-18-19-7-5-4-6-8-19)25(28(34)29(32)35)27(33)21-11-14-24(36-3)23(30)17-21/h4-14,17,26,33H,15-16,18H2,1-3H3/b27-25-. The van der Waals surface area contributed by atoms with Gasteiger partial charge < -0.3 is 24.4 Å². The maximum Gasteiger partial charge on any atom is 0.295 e. The summed E-state index contributed by atoms with van der Waals surface area (Å²) in [7, 11) is 5.35. The van der Waals surface area contributed by atoms with E-state index in [0.29, 0.717) is 46.8 Å². The lowest BCUT2D eigenvalue weighted by Gasteiger charge is -2.26. The van der Waals surface area contributed by atoms with Gasteiger partial charge in [0.1, 0.15) is 23.9 Å². The Labute approximate surface area is 225 Å². The molecule has 1 fully saturated rings. The zero-order chi connectivity index (χ0) is 26.5. The molecule has 1 saturated heterocycles. The van der Waals surface area contributed by atoms with Crippen molar-refractivity contribution in [1.82, 2.24) is 9.80 Å². The molecule has 0 bridgehead atoms. The van der Waals surface area contributed by atoms with Crippen LogP contribution in [-0.4, -0.2) is 60.9 Å². The number of ketones is 1. The van der Waals surface area contributed by atoms with Crippen molar-refractivity contribution < 1.29 is 24.2 Å². The van der Waals surface area contributed by atoms with Gasteiger partial charge in [0, 0.05) is 18.7 Å². The van der Waals surface area contributed by atoms with Crippen LogP contribution in [0.5, 0.6) is 11.5 Å². The summed E-state index contributed by atoms with van der Waals surface area (Å²) in [6.45, 7) is 1.32. The Hall–Kier alpha value is -3.62. The van der Waals surface area contributed by atoms with E-state index >= 15 is 0 Å². The van der Waals surface area contributed by atoms with Crippen LogP contribution in [0.15, 0.2) is 82.8 Å². The van der Waals surface area contributed by atoms with Crippen LogP contribution in [0.2, 0.25) is 0 Å². The van der Waals surface area contributed by atoms with E-state index in [1.165, 1.54) is 4.90 Å². The number of carbonyl (C=O) groups excluding carboxylic acids is 2. The lowest BCUT2D eigenvalue weighted by atomic mass is 9.95. The number of halogens is 1. The number of rotatable bonds is 9. The molecule has 0 aromatic heterocycles. The molecule has 8 heteroatoms. The first-order chi connectivity index (χ1) is 17.8. The molecule has 1 amide bonds. The molecule has 0 spiro atoms. The van der Waals surface area contributed by atoms with Crippen LogP contribution in [0.4, 0.5) is 0 Å². The van der Waals surface area contributed by atoms with Gasteiger partial charge in [-0.15, -0.1) is 0 Å². The Morgan fingerprint density at radius 2 is 1.73 bits per heavy atom. The maximum absolute atomic E-state index is 13.2. The molecule has 3 aromatic rings. The first-order valence-electron chi connectivity index (χ1n) is 11.8. The van der Waals surface area contributed by atoms with Crippen LogP contribution < -0.4 is 9.47 Å². The lowest BCUT2D eigenvalue weighted by Crippen LogP contribution is -2.35. The zero-order valence-corrected chi connectivity index (χ0v) is 22.6. The number of aliphatic hydroxyl groups is 1. The molecule has 4 rings (SSSR count). The van der Waals surface area contributed by atoms with Crippen molar-refractivity contribution in [1.29, 1.82) is 0 Å². The highest BCUT2D eigenvalue weighted by molar-refractivity contribution is 9.10. The first kappa shape index (κ1) is 26.4. The highest BCUT2D eigenvalue weighted by Crippen LogP contribution is 2.40. The zero-order valence-electron chi connectivity index (χ0n) is 21.0. The van der Waals surface area contributed by atoms with Gasteiger partial charge in [0.15, 0.2) is 0 Å². The van der Waals surface area contributed by atoms with Crippen LogP contribution >= 0.6 is 15.9 Å². The molecule has 1 N–H and O–H groups in total. The highest BCUT2D eigenvalue weighted by atomic mass is 79.9. The third kappa shape index (κ3) is 5.87. The van der Waals surface area contributed by atoms with Gasteiger partial charge in [0.25, 0.3) is 11.7 Å². The van der Waals surface area contributed by atoms with Crippen molar-refractivity contribution in [2.24, 2.45) is 0 Å². The summed E-state index contributed by atoms with van der Waals surface area (Å²) < 4.78 is 11.8. The second-order valence-corrected chi connectivity index (χ2v) is 9.84. The largest absolute Gasteiger partial charge is 0.507 e. The molecule has 1 atom stereocenters. The Balaban J connectivity index is 1.70. The molecule has 1 aliphatic heterocycles. The quantitative estimate of drug-likeness (QED) is 0.223. The Bertz CT molecular complexity index is 1310. The number of benzene rings is 3. The van der Waals surface area contributed by atoms with Crippen molar-refractivity contribution in [3.8, 4) is 11.5 Å². The Morgan fingerprint density at radius 3 is 2.35 bits per heavy atom. The van der Waals surface area contributed by atoms with Crippen molar-refractivity contribution in [3.05, 3.63) is 99.5 Å². The molecule has 37 heavy (non-hydrogen) atoms. The van der Waals surface area contributed by atoms with E-state index < -0.39 is 17.7 Å². The number of aliphatic hydroxyl groups excluding tert-OH is 1. The number of Topliss-reactive ketones (excluding diaryl/α,β-unsaturated/α-hetero) is 1. The summed E-state index contributed by atoms with van der Waals surface area (Å²) in [5.74, 6) is -0.325. The van der Waals surface area contributed by atoms with E-state index in [0.717, 1.165) is 5.56 Å². The van der Waals surface area contributed by atoms with Crippen molar-refractivity contribution in [2.75, 3.05) is 34.3 Å². The van der Waals surface area contributed by atoms with E-state index in [1.807, 2.05) is 73.6 Å². The summed E-state index contributed by atoms with van der Waals surface area (Å²) in [4.78, 5) is 29.8. The number of nitrogens with zero attached hydrogens (tertiary/aromatic N) is 2. The van der Waals surface area contributed by atoms with Crippen molar-refractivity contribution in [2.45, 2.75) is 12.6 Å². The van der Waals surface area contributed by atoms with Crippen LogP contribution in [0.3, 0.4) is 0 Å². The van der Waals surface area contributed by atoms with Crippen LogP contribution in [-0.2, 0) is 16.2 Å². The van der Waals surface area contributed by atoms with Gasteiger partial charge in [0.05, 0.1) is 23.2 Å². The van der Waals surface area contributed by atoms with E-state index in [4.69, 9.17) is 9.47 Å². The molecule has 0 radical (unpaired) electrons. The number of likely N-dealkylation sites (N-methyl/N-ethyl adjacent to an activating group) is 1. The number of likely N-dealkylation sites (tertiary alicyclic amines) is 1. The van der Waals surface area contributed by atoms with Crippen molar-refractivity contribution in [3.63, 3.8) is 0 Å². The Kier molecular flexibility index (Phi) is 8.31. The number of ether oxygens (including phenoxy) is 2. The van der Waals surface area contributed by atoms with E-state index in [2.05, 4.69) is 15.9 Å². The topological polar surface area (TPSA) is 79.3 Å². The molecular weight excluding hydrogens is 536 g/mol. The fourth-order valence-corrected chi connectivity index (χ4v) is 4.76. The monoisotopic (exact) mass is 564 g/mol. The third-order valence-electron chi connectivity index (χ3n) is 6.20. The van der Waals surface area contributed by atoms with Gasteiger partial charge in [-0.25, -0.2) is 0 Å². The van der Waals surface area contributed by atoms with Gasteiger partial charge in [-0.05, 0) is 71.5 Å². The summed E-state index contributed by atoms with van der Waals surface area (Å²) in [6, 6.07) is 21.4. The van der Waals surface area contributed by atoms with Crippen LogP contribution in [0.25, 0.3) is 5.76 Å². The summed E-state index contributed by atoms with van der Waals surface area (Å²) >= 11 is 3.42. The number of amides is 1. The SMILES string of the molecule is COc1ccc(/C(O)=C2/C(=O)C(=O)N(CCN(C)C)C2c2ccc(OCc3ccccc3)cc2)cc1Br. The molecule has 0 aliphatic carbocycles. The molecule has 3 aromatic carbocycles. The van der Waals surface area contributed by atoms with E-state index in [9.17, 15) is 14.7 Å². The predicted octanol–water partition coefficient (Wildman–Crippen LogP) is 5.02. The maximum atomic E-state index is 13.2. The lowest BCUT2D eigenvalue weighted by molar-refractivity contribution is -0.140. The summed E-state index contributed by atoms with van der Waals surface area (Å²) in [5.41, 5.74) is 2.22. The van der Waals surface area contributed by atoms with Gasteiger partial charge in [0.2, 0.25) is 0 Å². The third-order valence-corrected chi connectivity index (χ3v) is 6.82. The normalized spacial score (nSPS) is 16.9. The van der Waals surface area contributed by atoms with Gasteiger partial charge in [-0.1, -0.05) is 42.5 Å². The van der Waals surface area contributed by atoms with E-state index in [-0.39, 0.29) is 11.3 Å². The average Bonchev–Trinajstić information content (AvgIpc) is 3.16. The molecule has 1 aliphatic rings. The predicted molar refractivity (Wildman–Crippen MR) is 145 cm³/mol. The Morgan fingerprint density at radius 1 is 1.03 bits per heavy atom. The first-order valence-corrected chi connectivity index (χ1v) is 12.6. The van der Waals surface area contributed by atoms with Gasteiger partial charge in [-0.3, -0.25) is 9.59 Å². The highest BCUT2D eigenvalue weighted by Gasteiger charge is 2.45. The minimum absolute atomic E-state index is 0.0544. The number of carbonyl (C=O) groups is 2. The molecule has 192 valence electrons. The number of hydrogen-bond donors (Lipinski definition) is 1. The molecule has 0 saturated carbocycles. The summed E-state index contributed by atoms with van der Waals surface area (Å²) in [5, 5.41) is 11.3. The minimum Gasteiger partial charge on any atom is -0.507 e. The fourth-order valence-electron chi connectivity index (χ4n) is 4.22. The number of hydrogen-bond acceptors (Lipinski definition) is 6. The molecular formula is C29H29BrN2O5. The molecule has 7 nitrogen and oxygen atoms in total. The van der Waals surface area contributed by atoms with Crippen LogP contribution in [0.1, 0.15) is 22.7 Å². The minimum atomic E-state index is -0.732. The second-order valence-electron chi connectivity index (χ2n) is 8.99. The van der Waals surface area contributed by atoms with Crippen LogP contribution in [0, 0.1) is 0 Å². The number of methoxy groups -OCH3 is 1. The molecule has 1 heterocycles. The van der Waals surface area contributed by atoms with Crippen molar-refractivity contribution >= 4 is 33.4 Å². The van der Waals surface area contributed by atoms with Gasteiger partial charge in [-0.2, -0.15) is 0 Å². The fraction of sp³-hybridized carbons (Fsp3) is 0.241. The smallest absolute Gasteiger partial charge is 0.295 e. The van der Waals surface area contributed by atoms with Gasteiger partial charge >= 0.3 is 0 Å². The van der Waals surface area contributed by atoms with E-state index in [1.54, 1.807) is 25.3 Å². The summed E-state index contributed by atoms with van der Waals surface area (Å²) in [6.07, 6.45) is 0. The molecule has 1 unspecified atom stereocenters. The average molecular weight is 565 g/mol.